The number of hydrogen-bond donors (Lipinski definition) is 3. The highest BCUT2D eigenvalue weighted by Gasteiger charge is 2.17. The third kappa shape index (κ3) is 8.40. The van der Waals surface area contributed by atoms with Crippen molar-refractivity contribution in [1.29, 1.82) is 0 Å². The number of carbonyl (C=O) groups excluding carboxylic acids is 3. The lowest BCUT2D eigenvalue weighted by atomic mass is 10.1. The third-order valence-electron chi connectivity index (χ3n) is 6.99. The van der Waals surface area contributed by atoms with Gasteiger partial charge in [0.2, 0.25) is 5.91 Å². The molecule has 0 aliphatic rings. The van der Waals surface area contributed by atoms with Crippen molar-refractivity contribution in [2.24, 2.45) is 0 Å². The first-order valence-electron chi connectivity index (χ1n) is 14.6. The zero-order chi connectivity index (χ0) is 31.6. The van der Waals surface area contributed by atoms with Crippen molar-refractivity contribution in [3.63, 3.8) is 0 Å². The second kappa shape index (κ2) is 14.9. The predicted octanol–water partition coefficient (Wildman–Crippen LogP) is 7.96. The number of anilines is 2. The molecule has 1 heterocycles. The molecule has 3 N–H and O–H groups in total. The molecule has 0 aliphatic carbocycles. The number of thioether (sulfide) groups is 1. The first-order chi connectivity index (χ1) is 21.9. The molecule has 8 heteroatoms. The average Bonchev–Trinajstić information content (AvgIpc) is 3.54. The van der Waals surface area contributed by atoms with Gasteiger partial charge in [-0.05, 0) is 73.0 Å². The van der Waals surface area contributed by atoms with Crippen LogP contribution in [0, 0.1) is 6.92 Å². The van der Waals surface area contributed by atoms with Crippen molar-refractivity contribution < 1.29 is 18.8 Å². The number of benzene rings is 4. The normalized spacial score (nSPS) is 11.1. The van der Waals surface area contributed by atoms with E-state index >= 15 is 0 Å². The summed E-state index contributed by atoms with van der Waals surface area (Å²) >= 11 is 1.40. The molecule has 1 aromatic heterocycles. The second-order valence-electron chi connectivity index (χ2n) is 10.2. The van der Waals surface area contributed by atoms with Gasteiger partial charge in [-0.25, -0.2) is 0 Å². The van der Waals surface area contributed by atoms with E-state index in [1.807, 2.05) is 79.7 Å². The van der Waals surface area contributed by atoms with Crippen molar-refractivity contribution in [1.82, 2.24) is 5.32 Å². The summed E-state index contributed by atoms with van der Waals surface area (Å²) in [6.07, 6.45) is 2.34. The molecule has 0 atom stereocenters. The molecule has 0 saturated heterocycles. The zero-order valence-electron chi connectivity index (χ0n) is 25.0. The minimum Gasteiger partial charge on any atom is -0.457 e. The number of aryl methyl sites for hydroxylation is 2. The monoisotopic (exact) mass is 615 g/mol. The smallest absolute Gasteiger partial charge is 0.272 e. The fourth-order valence-electron chi connectivity index (χ4n) is 4.63. The molecule has 0 unspecified atom stereocenters. The van der Waals surface area contributed by atoms with Gasteiger partial charge in [0.25, 0.3) is 11.8 Å². The number of furan rings is 1. The summed E-state index contributed by atoms with van der Waals surface area (Å²) in [6.45, 7) is 4.05. The molecule has 0 saturated carbocycles. The quantitative estimate of drug-likeness (QED) is 0.103. The lowest BCUT2D eigenvalue weighted by Crippen LogP contribution is -2.30. The number of para-hydroxylation sites is 1. The number of hydrogen-bond acceptors (Lipinski definition) is 5. The Morgan fingerprint density at radius 3 is 2.20 bits per heavy atom. The molecule has 3 amide bonds. The number of nitrogens with one attached hydrogen (secondary N) is 3. The van der Waals surface area contributed by atoms with Gasteiger partial charge in [0.1, 0.15) is 17.2 Å². The van der Waals surface area contributed by atoms with Crippen molar-refractivity contribution >= 4 is 46.9 Å². The average molecular weight is 616 g/mol. The second-order valence-corrected chi connectivity index (χ2v) is 11.3. The zero-order valence-corrected chi connectivity index (χ0v) is 25.8. The maximum absolute atomic E-state index is 13.4. The van der Waals surface area contributed by atoms with Crippen LogP contribution in [0.1, 0.15) is 34.2 Å². The highest BCUT2D eigenvalue weighted by molar-refractivity contribution is 8.00. The first-order valence-corrected chi connectivity index (χ1v) is 15.5. The molecule has 0 fully saturated rings. The van der Waals surface area contributed by atoms with Gasteiger partial charge in [-0.15, -0.1) is 11.8 Å². The van der Waals surface area contributed by atoms with Crippen molar-refractivity contribution in [3.05, 3.63) is 143 Å². The molecule has 45 heavy (non-hydrogen) atoms. The van der Waals surface area contributed by atoms with Gasteiger partial charge in [-0.3, -0.25) is 14.4 Å². The lowest BCUT2D eigenvalue weighted by molar-refractivity contribution is -0.114. The largest absolute Gasteiger partial charge is 0.457 e. The predicted molar refractivity (Wildman–Crippen MR) is 181 cm³/mol. The summed E-state index contributed by atoms with van der Waals surface area (Å²) in [5, 5.41) is 8.62. The summed E-state index contributed by atoms with van der Waals surface area (Å²) in [6, 6.07) is 35.0. The Morgan fingerprint density at radius 2 is 1.49 bits per heavy atom. The van der Waals surface area contributed by atoms with Gasteiger partial charge in [-0.2, -0.15) is 0 Å². The SMILES string of the molecule is CCc1cccc(C)c1NC(=O)CSc1ccc(NC(=O)/C(=C\c2ccc(-c3ccccc3)o2)NC(=O)c2ccccc2)cc1. The Morgan fingerprint density at radius 1 is 0.778 bits per heavy atom. The Labute approximate surface area is 266 Å². The van der Waals surface area contributed by atoms with Gasteiger partial charge in [0, 0.05) is 33.5 Å². The highest BCUT2D eigenvalue weighted by atomic mass is 32.2. The summed E-state index contributed by atoms with van der Waals surface area (Å²) in [5.41, 5.74) is 4.88. The van der Waals surface area contributed by atoms with Crippen LogP contribution in [0.3, 0.4) is 0 Å². The molecule has 0 bridgehead atoms. The molecule has 0 aliphatic heterocycles. The Bertz CT molecular complexity index is 1810. The van der Waals surface area contributed by atoms with E-state index in [9.17, 15) is 14.4 Å². The number of rotatable bonds is 11. The van der Waals surface area contributed by atoms with Crippen LogP contribution < -0.4 is 16.0 Å². The summed E-state index contributed by atoms with van der Waals surface area (Å²) in [4.78, 5) is 39.9. The van der Waals surface area contributed by atoms with Gasteiger partial charge < -0.3 is 20.4 Å². The van der Waals surface area contributed by atoms with Crippen LogP contribution in [0.25, 0.3) is 17.4 Å². The van der Waals surface area contributed by atoms with E-state index in [4.69, 9.17) is 4.42 Å². The van der Waals surface area contributed by atoms with E-state index in [1.54, 1.807) is 42.5 Å². The maximum Gasteiger partial charge on any atom is 0.272 e. The van der Waals surface area contributed by atoms with Crippen molar-refractivity contribution in [3.8, 4) is 11.3 Å². The third-order valence-corrected chi connectivity index (χ3v) is 8.00. The molecule has 7 nitrogen and oxygen atoms in total. The summed E-state index contributed by atoms with van der Waals surface area (Å²) < 4.78 is 5.96. The number of carbonyl (C=O) groups is 3. The van der Waals surface area contributed by atoms with E-state index in [2.05, 4.69) is 22.9 Å². The van der Waals surface area contributed by atoms with Gasteiger partial charge in [0.05, 0.1) is 5.75 Å². The Balaban J connectivity index is 1.26. The molecular formula is C37H33N3O4S. The van der Waals surface area contributed by atoms with Gasteiger partial charge in [0.15, 0.2) is 0 Å². The van der Waals surface area contributed by atoms with E-state index < -0.39 is 11.8 Å². The van der Waals surface area contributed by atoms with Crippen LogP contribution >= 0.6 is 11.8 Å². The van der Waals surface area contributed by atoms with Crippen molar-refractivity contribution in [2.75, 3.05) is 16.4 Å². The first kappa shape index (κ1) is 31.1. The van der Waals surface area contributed by atoms with Crippen molar-refractivity contribution in [2.45, 2.75) is 25.2 Å². The van der Waals surface area contributed by atoms with Gasteiger partial charge in [-0.1, -0.05) is 73.7 Å². The van der Waals surface area contributed by atoms with Gasteiger partial charge >= 0.3 is 0 Å². The molecule has 4 aromatic carbocycles. The fourth-order valence-corrected chi connectivity index (χ4v) is 5.33. The van der Waals surface area contributed by atoms with E-state index in [0.29, 0.717) is 22.8 Å². The molecule has 0 spiro atoms. The molecule has 0 radical (unpaired) electrons. The fraction of sp³-hybridized carbons (Fsp3) is 0.108. The van der Waals surface area contributed by atoms with E-state index in [1.165, 1.54) is 17.8 Å². The van der Waals surface area contributed by atoms with Crippen LogP contribution in [-0.2, 0) is 16.0 Å². The van der Waals surface area contributed by atoms with Crippen LogP contribution in [0.5, 0.6) is 0 Å². The van der Waals surface area contributed by atoms with Crippen LogP contribution in [0.2, 0.25) is 0 Å². The topological polar surface area (TPSA) is 100 Å². The standard InChI is InChI=1S/C37H33N3O4S/c1-3-26-16-10-11-25(2)35(26)40-34(41)24-45-31-20-17-29(18-21-31)38-37(43)32(39-36(42)28-14-8-5-9-15-28)23-30-19-22-33(44-30)27-12-6-4-7-13-27/h4-23H,3,24H2,1-2H3,(H,38,43)(H,39,42)(H,40,41)/b32-23+. The van der Waals surface area contributed by atoms with Crippen LogP contribution in [0.4, 0.5) is 11.4 Å². The Kier molecular flexibility index (Phi) is 10.3. The van der Waals surface area contributed by atoms with E-state index in [0.717, 1.165) is 33.7 Å². The highest BCUT2D eigenvalue weighted by Crippen LogP contribution is 2.25. The molecule has 5 rings (SSSR count). The minimum absolute atomic E-state index is 0.0237. The van der Waals surface area contributed by atoms with Crippen LogP contribution in [0.15, 0.2) is 130 Å². The molecule has 226 valence electrons. The minimum atomic E-state index is -0.512. The van der Waals surface area contributed by atoms with Crippen LogP contribution in [-0.4, -0.2) is 23.5 Å². The molecule has 5 aromatic rings. The maximum atomic E-state index is 13.4. The summed E-state index contributed by atoms with van der Waals surface area (Å²) in [5.74, 6) is 0.279. The number of amides is 3. The van der Waals surface area contributed by atoms with E-state index in [-0.39, 0.29) is 17.4 Å². The summed E-state index contributed by atoms with van der Waals surface area (Å²) in [7, 11) is 0. The Hall–Kier alpha value is -5.34. The molecular weight excluding hydrogens is 582 g/mol. The lowest BCUT2D eigenvalue weighted by Gasteiger charge is -2.13.